The van der Waals surface area contributed by atoms with E-state index in [9.17, 15) is 18.4 Å². The number of anilines is 1. The lowest BCUT2D eigenvalue weighted by atomic mass is 10.1. The average Bonchev–Trinajstić information content (AvgIpc) is 2.56. The summed E-state index contributed by atoms with van der Waals surface area (Å²) in [5, 5.41) is 10.9. The fourth-order valence-corrected chi connectivity index (χ4v) is 2.24. The van der Waals surface area contributed by atoms with E-state index in [-0.39, 0.29) is 15.7 Å². The highest BCUT2D eigenvalue weighted by Crippen LogP contribution is 2.26. The van der Waals surface area contributed by atoms with Gasteiger partial charge in [-0.15, -0.1) is 0 Å². The first-order valence-corrected chi connectivity index (χ1v) is 7.31. The smallest absolute Gasteiger partial charge is 0.338 e. The quantitative estimate of drug-likeness (QED) is 0.805. The number of hydrogen-bond donors (Lipinski definition) is 1. The first-order chi connectivity index (χ1) is 11.4. The van der Waals surface area contributed by atoms with E-state index in [1.807, 2.05) is 6.07 Å². The number of amides is 1. The van der Waals surface area contributed by atoms with Crippen molar-refractivity contribution < 1.29 is 23.1 Å². The molecule has 8 heteroatoms. The van der Waals surface area contributed by atoms with Crippen LogP contribution in [-0.4, -0.2) is 18.5 Å². The van der Waals surface area contributed by atoms with Gasteiger partial charge in [0.2, 0.25) is 0 Å². The zero-order valence-electron chi connectivity index (χ0n) is 12.0. The Morgan fingerprint density at radius 3 is 2.46 bits per heavy atom. The molecule has 0 saturated carbocycles. The van der Waals surface area contributed by atoms with E-state index in [0.29, 0.717) is 11.6 Å². The topological polar surface area (TPSA) is 79.2 Å². The number of hydrogen-bond acceptors (Lipinski definition) is 4. The molecule has 0 atom stereocenters. The summed E-state index contributed by atoms with van der Waals surface area (Å²) < 4.78 is 31.4. The van der Waals surface area contributed by atoms with Gasteiger partial charge in [0.15, 0.2) is 12.4 Å². The van der Waals surface area contributed by atoms with Gasteiger partial charge in [-0.25, -0.2) is 13.6 Å². The van der Waals surface area contributed by atoms with Crippen molar-refractivity contribution in [1.82, 2.24) is 0 Å². The molecule has 0 bridgehead atoms. The number of carbonyl (C=O) groups excluding carboxylic acids is 2. The Kier molecular flexibility index (Phi) is 5.60. The third-order valence-electron chi connectivity index (χ3n) is 2.86. The Balaban J connectivity index is 1.96. The number of carbonyl (C=O) groups is 2. The predicted octanol–water partition coefficient (Wildman–Crippen LogP) is 3.39. The van der Waals surface area contributed by atoms with Crippen LogP contribution in [0.3, 0.4) is 0 Å². The van der Waals surface area contributed by atoms with Crippen LogP contribution in [0, 0.1) is 23.0 Å². The van der Waals surface area contributed by atoms with E-state index < -0.39 is 30.1 Å². The number of esters is 1. The number of nitrogens with one attached hydrogen (secondary N) is 1. The number of ether oxygens (including phenoxy) is 1. The summed E-state index contributed by atoms with van der Waals surface area (Å²) in [7, 11) is 0. The highest BCUT2D eigenvalue weighted by atomic mass is 79.9. The van der Waals surface area contributed by atoms with Crippen molar-refractivity contribution in [2.24, 2.45) is 0 Å². The number of halogens is 3. The van der Waals surface area contributed by atoms with Crippen LogP contribution in [0.2, 0.25) is 0 Å². The number of rotatable bonds is 4. The van der Waals surface area contributed by atoms with Crippen molar-refractivity contribution in [1.29, 1.82) is 5.26 Å². The zero-order valence-corrected chi connectivity index (χ0v) is 13.6. The second kappa shape index (κ2) is 7.66. The number of benzene rings is 2. The lowest BCUT2D eigenvalue weighted by molar-refractivity contribution is -0.119. The molecular weight excluding hydrogens is 386 g/mol. The molecule has 5 nitrogen and oxygen atoms in total. The van der Waals surface area contributed by atoms with E-state index >= 15 is 0 Å². The maximum absolute atomic E-state index is 13.6. The summed E-state index contributed by atoms with van der Waals surface area (Å²) in [5.41, 5.74) is 0.285. The molecule has 0 saturated heterocycles. The average molecular weight is 395 g/mol. The lowest BCUT2D eigenvalue weighted by Gasteiger charge is -2.09. The van der Waals surface area contributed by atoms with Crippen molar-refractivity contribution in [3.05, 3.63) is 63.6 Å². The van der Waals surface area contributed by atoms with Crippen LogP contribution in [0.5, 0.6) is 0 Å². The van der Waals surface area contributed by atoms with E-state index in [0.717, 1.165) is 6.07 Å². The van der Waals surface area contributed by atoms with Crippen LogP contribution < -0.4 is 5.32 Å². The van der Waals surface area contributed by atoms with Crippen LogP contribution in [0.15, 0.2) is 40.9 Å². The molecule has 0 radical (unpaired) electrons. The molecule has 0 aliphatic carbocycles. The van der Waals surface area contributed by atoms with E-state index in [2.05, 4.69) is 21.2 Å². The van der Waals surface area contributed by atoms with Gasteiger partial charge in [0.1, 0.15) is 5.82 Å². The van der Waals surface area contributed by atoms with Gasteiger partial charge in [-0.3, -0.25) is 4.79 Å². The Morgan fingerprint density at radius 1 is 1.21 bits per heavy atom. The number of nitrogens with zero attached hydrogens (tertiary/aromatic N) is 1. The highest BCUT2D eigenvalue weighted by molar-refractivity contribution is 9.10. The molecule has 1 N–H and O–H groups in total. The molecule has 0 aromatic heterocycles. The Morgan fingerprint density at radius 2 is 1.88 bits per heavy atom. The molecule has 0 fully saturated rings. The van der Waals surface area contributed by atoms with Crippen molar-refractivity contribution in [3.63, 3.8) is 0 Å². The summed E-state index contributed by atoms with van der Waals surface area (Å²) in [6.45, 7) is -0.651. The van der Waals surface area contributed by atoms with Gasteiger partial charge in [-0.2, -0.15) is 5.26 Å². The normalized spacial score (nSPS) is 9.92. The van der Waals surface area contributed by atoms with E-state index in [1.54, 1.807) is 0 Å². The summed E-state index contributed by atoms with van der Waals surface area (Å²) in [4.78, 5) is 23.5. The van der Waals surface area contributed by atoms with Crippen LogP contribution in [0.1, 0.15) is 15.9 Å². The molecule has 2 rings (SSSR count). The fraction of sp³-hybridized carbons (Fsp3) is 0.0625. The second-order valence-electron chi connectivity index (χ2n) is 4.56. The third-order valence-corrected chi connectivity index (χ3v) is 3.48. The molecule has 0 spiro atoms. The SMILES string of the molecule is N#Cc1ccc(C(=O)OCC(=O)Nc2c(F)cc(F)cc2Br)cc1. The minimum atomic E-state index is -0.964. The molecule has 0 aliphatic rings. The summed E-state index contributed by atoms with van der Waals surface area (Å²) in [6, 6.07) is 9.14. The minimum absolute atomic E-state index is 0.0202. The molecule has 0 unspecified atom stereocenters. The van der Waals surface area contributed by atoms with Crippen molar-refractivity contribution in [2.45, 2.75) is 0 Å². The molecule has 2 aromatic carbocycles. The van der Waals surface area contributed by atoms with Crippen LogP contribution >= 0.6 is 15.9 Å². The molecule has 1 amide bonds. The maximum atomic E-state index is 13.6. The minimum Gasteiger partial charge on any atom is -0.452 e. The molecule has 122 valence electrons. The second-order valence-corrected chi connectivity index (χ2v) is 5.41. The van der Waals surface area contributed by atoms with Gasteiger partial charge in [-0.1, -0.05) is 0 Å². The molecule has 0 heterocycles. The van der Waals surface area contributed by atoms with Crippen molar-refractivity contribution in [2.75, 3.05) is 11.9 Å². The fourth-order valence-electron chi connectivity index (χ4n) is 1.73. The van der Waals surface area contributed by atoms with Crippen LogP contribution in [0.4, 0.5) is 14.5 Å². The standard InChI is InChI=1S/C16H9BrF2N2O3/c17-12-5-11(18)6-13(19)15(12)21-14(22)8-24-16(23)10-3-1-9(7-20)2-4-10/h1-6H,8H2,(H,21,22). The molecule has 24 heavy (non-hydrogen) atoms. The van der Waals surface area contributed by atoms with E-state index in [4.69, 9.17) is 10.00 Å². The Hall–Kier alpha value is -2.79. The Labute approximate surface area is 144 Å². The van der Waals surface area contributed by atoms with Gasteiger partial charge < -0.3 is 10.1 Å². The van der Waals surface area contributed by atoms with Gasteiger partial charge >= 0.3 is 5.97 Å². The van der Waals surface area contributed by atoms with Crippen LogP contribution in [0.25, 0.3) is 0 Å². The van der Waals surface area contributed by atoms with Gasteiger partial charge in [-0.05, 0) is 46.3 Å². The monoisotopic (exact) mass is 394 g/mol. The van der Waals surface area contributed by atoms with Crippen molar-refractivity contribution >= 4 is 33.5 Å². The first-order valence-electron chi connectivity index (χ1n) is 6.52. The van der Waals surface area contributed by atoms with Gasteiger partial charge in [0.05, 0.1) is 22.9 Å². The Bertz CT molecular complexity index is 809. The molecule has 0 aliphatic heterocycles. The highest BCUT2D eigenvalue weighted by Gasteiger charge is 2.15. The van der Waals surface area contributed by atoms with Gasteiger partial charge in [0.25, 0.3) is 5.91 Å². The van der Waals surface area contributed by atoms with Crippen LogP contribution in [-0.2, 0) is 9.53 Å². The summed E-state index contributed by atoms with van der Waals surface area (Å²) in [5.74, 6) is -3.32. The maximum Gasteiger partial charge on any atom is 0.338 e. The summed E-state index contributed by atoms with van der Waals surface area (Å²) >= 11 is 2.93. The third kappa shape index (κ3) is 4.36. The molecular formula is C16H9BrF2N2O3. The largest absolute Gasteiger partial charge is 0.452 e. The van der Waals surface area contributed by atoms with E-state index in [1.165, 1.54) is 24.3 Å². The first kappa shape index (κ1) is 17.6. The summed E-state index contributed by atoms with van der Waals surface area (Å²) in [6.07, 6.45) is 0. The zero-order chi connectivity index (χ0) is 17.7. The van der Waals surface area contributed by atoms with Gasteiger partial charge in [0, 0.05) is 10.5 Å². The van der Waals surface area contributed by atoms with Crippen molar-refractivity contribution in [3.8, 4) is 6.07 Å². The number of nitriles is 1. The predicted molar refractivity (Wildman–Crippen MR) is 84.1 cm³/mol. The lowest BCUT2D eigenvalue weighted by Crippen LogP contribution is -2.21. The molecule has 2 aromatic rings.